The van der Waals surface area contributed by atoms with E-state index in [4.69, 9.17) is 5.84 Å². The van der Waals surface area contributed by atoms with Gasteiger partial charge < -0.3 is 0 Å². The van der Waals surface area contributed by atoms with Gasteiger partial charge in [-0.2, -0.15) is 4.31 Å². The van der Waals surface area contributed by atoms with Gasteiger partial charge in [-0.3, -0.25) is 5.43 Å². The van der Waals surface area contributed by atoms with Crippen LogP contribution in [0.3, 0.4) is 0 Å². The molecule has 2 aromatic heterocycles. The Morgan fingerprint density at radius 2 is 2.10 bits per heavy atom. The zero-order chi connectivity index (χ0) is 14.9. The second kappa shape index (κ2) is 5.68. The van der Waals surface area contributed by atoms with E-state index in [1.807, 2.05) is 17.5 Å². The molecule has 0 radical (unpaired) electrons. The Kier molecular flexibility index (Phi) is 3.89. The predicted octanol–water partition coefficient (Wildman–Crippen LogP) is 1.18. The first-order valence-electron chi connectivity index (χ1n) is 6.44. The highest BCUT2D eigenvalue weighted by Crippen LogP contribution is 2.33. The van der Waals surface area contributed by atoms with E-state index in [1.54, 1.807) is 11.3 Å². The molecule has 0 spiro atoms. The van der Waals surface area contributed by atoms with E-state index in [0.717, 1.165) is 17.7 Å². The first kappa shape index (κ1) is 14.4. The van der Waals surface area contributed by atoms with Crippen LogP contribution in [0.4, 0.5) is 5.95 Å². The van der Waals surface area contributed by atoms with Gasteiger partial charge in [-0.05, 0) is 24.3 Å². The topological polar surface area (TPSA) is 101 Å². The highest BCUT2D eigenvalue weighted by Gasteiger charge is 2.38. The van der Waals surface area contributed by atoms with Gasteiger partial charge in [0.2, 0.25) is 16.0 Å². The van der Waals surface area contributed by atoms with E-state index in [-0.39, 0.29) is 16.9 Å². The van der Waals surface area contributed by atoms with Crippen LogP contribution in [-0.4, -0.2) is 28.7 Å². The lowest BCUT2D eigenvalue weighted by molar-refractivity contribution is 0.401. The normalized spacial score (nSPS) is 15.3. The lowest BCUT2D eigenvalue weighted by Gasteiger charge is -2.20. The average molecular weight is 325 g/mol. The van der Waals surface area contributed by atoms with Gasteiger partial charge in [0.25, 0.3) is 0 Å². The highest BCUT2D eigenvalue weighted by atomic mass is 32.2. The van der Waals surface area contributed by atoms with E-state index < -0.39 is 10.0 Å². The van der Waals surface area contributed by atoms with Crippen molar-refractivity contribution in [2.24, 2.45) is 5.84 Å². The van der Waals surface area contributed by atoms with Gasteiger partial charge >= 0.3 is 0 Å². The van der Waals surface area contributed by atoms with Gasteiger partial charge in [0, 0.05) is 17.5 Å². The van der Waals surface area contributed by atoms with E-state index >= 15 is 0 Å². The third-order valence-corrected chi connectivity index (χ3v) is 5.92. The number of hydrogen-bond donors (Lipinski definition) is 2. The number of rotatable bonds is 6. The Morgan fingerprint density at radius 3 is 2.62 bits per heavy atom. The number of nitrogens with two attached hydrogens (primary N) is 1. The highest BCUT2D eigenvalue weighted by molar-refractivity contribution is 7.89. The first-order chi connectivity index (χ1) is 10.1. The molecule has 0 atom stereocenters. The molecule has 3 rings (SSSR count). The van der Waals surface area contributed by atoms with Gasteiger partial charge in [0.1, 0.15) is 4.90 Å². The minimum atomic E-state index is -3.59. The van der Waals surface area contributed by atoms with Crippen molar-refractivity contribution >= 4 is 27.3 Å². The number of hydrazine groups is 1. The number of nitrogens with zero attached hydrogens (tertiary/aromatic N) is 3. The molecule has 2 aromatic rings. The maximum Gasteiger partial charge on any atom is 0.246 e. The first-order valence-corrected chi connectivity index (χ1v) is 8.76. The molecule has 1 aliphatic carbocycles. The van der Waals surface area contributed by atoms with Crippen molar-refractivity contribution in [1.82, 2.24) is 14.3 Å². The van der Waals surface area contributed by atoms with Crippen LogP contribution in [0.2, 0.25) is 0 Å². The summed E-state index contributed by atoms with van der Waals surface area (Å²) in [4.78, 5) is 8.85. The second-order valence-corrected chi connectivity index (χ2v) is 7.67. The molecule has 9 heteroatoms. The quantitative estimate of drug-likeness (QED) is 0.611. The fourth-order valence-electron chi connectivity index (χ4n) is 1.99. The van der Waals surface area contributed by atoms with Crippen LogP contribution in [0.1, 0.15) is 17.7 Å². The summed E-state index contributed by atoms with van der Waals surface area (Å²) in [5.41, 5.74) is 2.28. The van der Waals surface area contributed by atoms with E-state index in [9.17, 15) is 8.42 Å². The van der Waals surface area contributed by atoms with Crippen LogP contribution >= 0.6 is 11.3 Å². The van der Waals surface area contributed by atoms with E-state index in [2.05, 4.69) is 15.4 Å². The molecule has 0 amide bonds. The molecule has 0 unspecified atom stereocenters. The van der Waals surface area contributed by atoms with Gasteiger partial charge in [-0.15, -0.1) is 11.3 Å². The van der Waals surface area contributed by atoms with Crippen molar-refractivity contribution in [3.8, 4) is 0 Å². The molecule has 3 N–H and O–H groups in total. The Hall–Kier alpha value is -1.55. The average Bonchev–Trinajstić information content (AvgIpc) is 3.20. The molecule has 1 aliphatic rings. The third-order valence-electron chi connectivity index (χ3n) is 3.21. The smallest absolute Gasteiger partial charge is 0.246 e. The summed E-state index contributed by atoms with van der Waals surface area (Å²) >= 11 is 1.55. The summed E-state index contributed by atoms with van der Waals surface area (Å²) in [6.07, 6.45) is 4.35. The van der Waals surface area contributed by atoms with Crippen LogP contribution in [-0.2, 0) is 16.6 Å². The number of anilines is 1. The Morgan fingerprint density at radius 1 is 1.38 bits per heavy atom. The number of aromatic nitrogens is 2. The SMILES string of the molecule is NNc1ncc(S(=O)(=O)N(Cc2cccs2)C2CC2)cn1. The number of hydrogen-bond acceptors (Lipinski definition) is 7. The van der Waals surface area contributed by atoms with Crippen molar-refractivity contribution in [2.75, 3.05) is 5.43 Å². The molecule has 21 heavy (non-hydrogen) atoms. The van der Waals surface area contributed by atoms with Crippen molar-refractivity contribution in [1.29, 1.82) is 0 Å². The molecular formula is C12H15N5O2S2. The zero-order valence-corrected chi connectivity index (χ0v) is 12.8. The summed E-state index contributed by atoms with van der Waals surface area (Å²) in [6, 6.07) is 3.93. The van der Waals surface area contributed by atoms with Crippen LogP contribution in [0.5, 0.6) is 0 Å². The lowest BCUT2D eigenvalue weighted by Crippen LogP contribution is -2.32. The monoisotopic (exact) mass is 325 g/mol. The van der Waals surface area contributed by atoms with Crippen molar-refractivity contribution < 1.29 is 8.42 Å². The van der Waals surface area contributed by atoms with Crippen molar-refractivity contribution in [3.05, 3.63) is 34.8 Å². The summed E-state index contributed by atoms with van der Waals surface area (Å²) < 4.78 is 27.0. The Labute approximate surface area is 126 Å². The van der Waals surface area contributed by atoms with Gasteiger partial charge in [-0.25, -0.2) is 24.2 Å². The van der Waals surface area contributed by atoms with E-state index in [0.29, 0.717) is 6.54 Å². The van der Waals surface area contributed by atoms with Gasteiger partial charge in [0.15, 0.2) is 0 Å². The summed E-state index contributed by atoms with van der Waals surface area (Å²) in [5, 5.41) is 1.94. The summed E-state index contributed by atoms with van der Waals surface area (Å²) in [7, 11) is -3.59. The minimum absolute atomic E-state index is 0.0735. The van der Waals surface area contributed by atoms with Crippen LogP contribution in [0.15, 0.2) is 34.8 Å². The molecule has 1 saturated carbocycles. The van der Waals surface area contributed by atoms with Crippen LogP contribution in [0, 0.1) is 0 Å². The van der Waals surface area contributed by atoms with Gasteiger partial charge in [-0.1, -0.05) is 6.07 Å². The third kappa shape index (κ3) is 3.05. The number of nitrogen functional groups attached to an aromatic ring is 1. The summed E-state index contributed by atoms with van der Waals surface area (Å²) in [6.45, 7) is 0.390. The number of nitrogens with one attached hydrogen (secondary N) is 1. The lowest BCUT2D eigenvalue weighted by atomic mass is 10.4. The molecule has 0 aromatic carbocycles. The fraction of sp³-hybridized carbons (Fsp3) is 0.333. The molecule has 0 aliphatic heterocycles. The molecular weight excluding hydrogens is 310 g/mol. The summed E-state index contributed by atoms with van der Waals surface area (Å²) in [5.74, 6) is 5.37. The molecule has 1 fully saturated rings. The molecule has 0 bridgehead atoms. The predicted molar refractivity (Wildman–Crippen MR) is 79.9 cm³/mol. The van der Waals surface area contributed by atoms with E-state index in [1.165, 1.54) is 16.7 Å². The molecule has 2 heterocycles. The van der Waals surface area contributed by atoms with Gasteiger partial charge in [0.05, 0.1) is 12.4 Å². The number of thiophene rings is 1. The fourth-order valence-corrected chi connectivity index (χ4v) is 4.33. The standard InChI is InChI=1S/C12H15N5O2S2/c13-16-12-14-6-11(7-15-12)21(18,19)17(9-3-4-9)8-10-2-1-5-20-10/h1-2,5-7,9H,3-4,8,13H2,(H,14,15,16). The van der Waals surface area contributed by atoms with Crippen molar-refractivity contribution in [2.45, 2.75) is 30.3 Å². The van der Waals surface area contributed by atoms with Crippen LogP contribution < -0.4 is 11.3 Å². The Bertz CT molecular complexity index is 696. The maximum atomic E-state index is 12.7. The zero-order valence-electron chi connectivity index (χ0n) is 11.1. The Balaban J connectivity index is 1.89. The maximum absolute atomic E-state index is 12.7. The molecule has 0 saturated heterocycles. The van der Waals surface area contributed by atoms with Crippen molar-refractivity contribution in [3.63, 3.8) is 0 Å². The molecule has 112 valence electrons. The number of sulfonamides is 1. The second-order valence-electron chi connectivity index (χ2n) is 4.75. The largest absolute Gasteiger partial charge is 0.292 e. The minimum Gasteiger partial charge on any atom is -0.292 e. The molecule has 7 nitrogen and oxygen atoms in total. The van der Waals surface area contributed by atoms with Crippen LogP contribution in [0.25, 0.3) is 0 Å².